The third kappa shape index (κ3) is 4.79. The summed E-state index contributed by atoms with van der Waals surface area (Å²) in [7, 11) is 0. The molecule has 0 aliphatic heterocycles. The molecule has 3 atom stereocenters. The molecule has 2 N–H and O–H groups in total. The van der Waals surface area contributed by atoms with Gasteiger partial charge in [-0.2, -0.15) is 0 Å². The summed E-state index contributed by atoms with van der Waals surface area (Å²) >= 11 is 9.33. The molecular formula is C6H9Br3O3. The minimum absolute atomic E-state index is 0.114. The van der Waals surface area contributed by atoms with Gasteiger partial charge in [-0.25, -0.2) is 0 Å². The number of aliphatic hydroxyl groups excluding tert-OH is 1. The average Bonchev–Trinajstić information content (AvgIpc) is 2.02. The molecule has 0 saturated carbocycles. The molecule has 0 fully saturated rings. The van der Waals surface area contributed by atoms with Gasteiger partial charge in [-0.3, -0.25) is 4.79 Å². The fourth-order valence-corrected chi connectivity index (χ4v) is 1.59. The SMILES string of the molecule is O=C(O)C(Br)CC(O)C(Br)CBr. The summed E-state index contributed by atoms with van der Waals surface area (Å²) in [6, 6.07) is 0. The van der Waals surface area contributed by atoms with Crippen molar-refractivity contribution in [3.8, 4) is 0 Å². The summed E-state index contributed by atoms with van der Waals surface area (Å²) in [6.45, 7) is 0. The third-order valence-electron chi connectivity index (χ3n) is 1.28. The van der Waals surface area contributed by atoms with Crippen LogP contribution in [-0.2, 0) is 4.79 Å². The number of aliphatic carboxylic acids is 1. The first-order valence-electron chi connectivity index (χ1n) is 3.24. The standard InChI is InChI=1S/C6H9Br3O3/c7-2-4(9)5(10)1-3(8)6(11)12/h3-5,10H,1-2H2,(H,11,12). The first-order chi connectivity index (χ1) is 5.49. The molecule has 0 aliphatic carbocycles. The Bertz CT molecular complexity index is 153. The second-order valence-electron chi connectivity index (χ2n) is 2.28. The number of hydrogen-bond acceptors (Lipinski definition) is 2. The van der Waals surface area contributed by atoms with Crippen LogP contribution in [0.15, 0.2) is 0 Å². The zero-order valence-corrected chi connectivity index (χ0v) is 10.8. The van der Waals surface area contributed by atoms with E-state index in [2.05, 4.69) is 47.8 Å². The topological polar surface area (TPSA) is 57.5 Å². The van der Waals surface area contributed by atoms with Gasteiger partial charge in [0.2, 0.25) is 0 Å². The largest absolute Gasteiger partial charge is 0.480 e. The Kier molecular flexibility index (Phi) is 6.80. The van der Waals surface area contributed by atoms with E-state index in [0.717, 1.165) is 0 Å². The van der Waals surface area contributed by atoms with E-state index < -0.39 is 16.9 Å². The summed E-state index contributed by atoms with van der Waals surface area (Å²) in [5, 5.41) is 18.5. The van der Waals surface area contributed by atoms with Crippen molar-refractivity contribution >= 4 is 53.8 Å². The Balaban J connectivity index is 3.83. The van der Waals surface area contributed by atoms with Crippen LogP contribution in [0.2, 0.25) is 0 Å². The molecule has 3 unspecified atom stereocenters. The van der Waals surface area contributed by atoms with Gasteiger partial charge in [0.1, 0.15) is 4.83 Å². The Morgan fingerprint density at radius 1 is 1.42 bits per heavy atom. The molecule has 12 heavy (non-hydrogen) atoms. The van der Waals surface area contributed by atoms with Crippen LogP contribution in [0.4, 0.5) is 0 Å². The second kappa shape index (κ2) is 6.34. The Morgan fingerprint density at radius 2 is 1.92 bits per heavy atom. The number of alkyl halides is 3. The zero-order chi connectivity index (χ0) is 9.72. The highest BCUT2D eigenvalue weighted by atomic mass is 79.9. The van der Waals surface area contributed by atoms with E-state index in [1.807, 2.05) is 0 Å². The zero-order valence-electron chi connectivity index (χ0n) is 6.08. The molecule has 0 aromatic heterocycles. The lowest BCUT2D eigenvalue weighted by molar-refractivity contribution is -0.136. The summed E-state index contributed by atoms with van der Waals surface area (Å²) in [5.41, 5.74) is 0. The molecule has 0 aromatic rings. The van der Waals surface area contributed by atoms with Crippen LogP contribution in [0.1, 0.15) is 6.42 Å². The molecular weight excluding hydrogens is 360 g/mol. The quantitative estimate of drug-likeness (QED) is 0.727. The minimum Gasteiger partial charge on any atom is -0.480 e. The first kappa shape index (κ1) is 12.9. The summed E-state index contributed by atoms with van der Waals surface area (Å²) in [6.07, 6.45) is -0.471. The van der Waals surface area contributed by atoms with Crippen LogP contribution in [0.25, 0.3) is 0 Å². The van der Waals surface area contributed by atoms with Crippen molar-refractivity contribution in [3.63, 3.8) is 0 Å². The highest BCUT2D eigenvalue weighted by Crippen LogP contribution is 2.17. The molecule has 0 rings (SSSR count). The number of halogens is 3. The Hall–Kier alpha value is 0.870. The van der Waals surface area contributed by atoms with Gasteiger partial charge in [0.25, 0.3) is 0 Å². The molecule has 3 nitrogen and oxygen atoms in total. The highest BCUT2D eigenvalue weighted by Gasteiger charge is 2.22. The number of carboxylic acid groups (broad SMARTS) is 1. The van der Waals surface area contributed by atoms with Crippen molar-refractivity contribution < 1.29 is 15.0 Å². The lowest BCUT2D eigenvalue weighted by Gasteiger charge is -2.15. The van der Waals surface area contributed by atoms with Crippen molar-refractivity contribution in [2.45, 2.75) is 22.2 Å². The van der Waals surface area contributed by atoms with Gasteiger partial charge in [-0.15, -0.1) is 0 Å². The molecule has 72 valence electrons. The van der Waals surface area contributed by atoms with E-state index in [0.29, 0.717) is 5.33 Å². The molecule has 0 aliphatic rings. The van der Waals surface area contributed by atoms with Crippen molar-refractivity contribution in [2.75, 3.05) is 5.33 Å². The fourth-order valence-electron chi connectivity index (χ4n) is 0.563. The smallest absolute Gasteiger partial charge is 0.317 e. The summed E-state index contributed by atoms with van der Waals surface area (Å²) < 4.78 is 0. The summed E-state index contributed by atoms with van der Waals surface area (Å²) in [5.74, 6) is -0.955. The molecule has 0 aromatic carbocycles. The van der Waals surface area contributed by atoms with Crippen LogP contribution in [0, 0.1) is 0 Å². The van der Waals surface area contributed by atoms with Crippen molar-refractivity contribution in [2.24, 2.45) is 0 Å². The highest BCUT2D eigenvalue weighted by molar-refractivity contribution is 9.12. The van der Waals surface area contributed by atoms with E-state index >= 15 is 0 Å². The molecule has 0 heterocycles. The number of carbonyl (C=O) groups is 1. The lowest BCUT2D eigenvalue weighted by atomic mass is 10.1. The Labute approximate surface area is 95.9 Å². The number of carboxylic acids is 1. The van der Waals surface area contributed by atoms with Crippen LogP contribution in [0.5, 0.6) is 0 Å². The molecule has 0 bridgehead atoms. The molecule has 0 amide bonds. The maximum absolute atomic E-state index is 10.4. The van der Waals surface area contributed by atoms with Crippen molar-refractivity contribution in [1.29, 1.82) is 0 Å². The normalized spacial score (nSPS) is 18.3. The maximum Gasteiger partial charge on any atom is 0.317 e. The molecule has 0 spiro atoms. The second-order valence-corrected chi connectivity index (χ2v) is 5.21. The van der Waals surface area contributed by atoms with E-state index in [4.69, 9.17) is 5.11 Å². The van der Waals surface area contributed by atoms with Gasteiger partial charge in [0.15, 0.2) is 0 Å². The maximum atomic E-state index is 10.4. The van der Waals surface area contributed by atoms with Crippen LogP contribution >= 0.6 is 47.8 Å². The molecule has 6 heteroatoms. The number of aliphatic hydroxyl groups is 1. The van der Waals surface area contributed by atoms with Crippen molar-refractivity contribution in [3.05, 3.63) is 0 Å². The predicted octanol–water partition coefficient (Wildman–Crippen LogP) is 1.74. The van der Waals surface area contributed by atoms with E-state index in [1.165, 1.54) is 0 Å². The van der Waals surface area contributed by atoms with Gasteiger partial charge in [0.05, 0.1) is 10.9 Å². The number of rotatable bonds is 5. The third-order valence-corrected chi connectivity index (χ3v) is 4.55. The lowest BCUT2D eigenvalue weighted by Crippen LogP contribution is -2.28. The predicted molar refractivity (Wildman–Crippen MR) is 57.5 cm³/mol. The van der Waals surface area contributed by atoms with E-state index in [1.54, 1.807) is 0 Å². The molecule has 0 saturated heterocycles. The van der Waals surface area contributed by atoms with Crippen LogP contribution in [0.3, 0.4) is 0 Å². The van der Waals surface area contributed by atoms with Gasteiger partial charge in [-0.1, -0.05) is 47.8 Å². The Morgan fingerprint density at radius 3 is 2.25 bits per heavy atom. The average molecular weight is 369 g/mol. The van der Waals surface area contributed by atoms with Crippen LogP contribution < -0.4 is 0 Å². The fraction of sp³-hybridized carbons (Fsp3) is 0.833. The van der Waals surface area contributed by atoms with Gasteiger partial charge in [-0.05, 0) is 6.42 Å². The molecule has 0 radical (unpaired) electrons. The number of hydrogen-bond donors (Lipinski definition) is 2. The monoisotopic (exact) mass is 366 g/mol. The van der Waals surface area contributed by atoms with Gasteiger partial charge in [0, 0.05) is 5.33 Å². The minimum atomic E-state index is -0.955. The van der Waals surface area contributed by atoms with Gasteiger partial charge < -0.3 is 10.2 Å². The first-order valence-corrected chi connectivity index (χ1v) is 6.19. The van der Waals surface area contributed by atoms with Gasteiger partial charge >= 0.3 is 5.97 Å². The van der Waals surface area contributed by atoms with Crippen molar-refractivity contribution in [1.82, 2.24) is 0 Å². The van der Waals surface area contributed by atoms with E-state index in [-0.39, 0.29) is 11.2 Å². The van der Waals surface area contributed by atoms with Crippen LogP contribution in [-0.4, -0.2) is 37.3 Å². The van der Waals surface area contributed by atoms with E-state index in [9.17, 15) is 9.90 Å². The summed E-state index contributed by atoms with van der Waals surface area (Å²) in [4.78, 5) is 9.56.